The molecular formula is C13H16F3NO2. The Kier molecular flexibility index (Phi) is 5.35. The lowest BCUT2D eigenvalue weighted by atomic mass is 10.1. The van der Waals surface area contributed by atoms with Crippen LogP contribution in [0.15, 0.2) is 24.3 Å². The summed E-state index contributed by atoms with van der Waals surface area (Å²) in [6.07, 6.45) is -4.21. The van der Waals surface area contributed by atoms with Gasteiger partial charge in [0.15, 0.2) is 0 Å². The van der Waals surface area contributed by atoms with Crippen molar-refractivity contribution >= 4 is 5.97 Å². The van der Waals surface area contributed by atoms with Crippen LogP contribution < -0.4 is 0 Å². The lowest BCUT2D eigenvalue weighted by Gasteiger charge is -2.19. The molecule has 0 unspecified atom stereocenters. The summed E-state index contributed by atoms with van der Waals surface area (Å²) in [4.78, 5) is 12.6. The van der Waals surface area contributed by atoms with Gasteiger partial charge in [-0.2, -0.15) is 13.2 Å². The van der Waals surface area contributed by atoms with Gasteiger partial charge in [-0.05, 0) is 18.7 Å². The zero-order chi connectivity index (χ0) is 14.5. The number of halogens is 3. The predicted molar refractivity (Wildman–Crippen MR) is 64.4 cm³/mol. The molecule has 0 aliphatic heterocycles. The Bertz CT molecular complexity index is 432. The molecule has 3 nitrogen and oxygen atoms in total. The van der Waals surface area contributed by atoms with Gasteiger partial charge in [-0.3, -0.25) is 4.79 Å². The highest BCUT2D eigenvalue weighted by Gasteiger charge is 2.32. The summed E-state index contributed by atoms with van der Waals surface area (Å²) in [5, 5.41) is 0. The Morgan fingerprint density at radius 3 is 2.53 bits per heavy atom. The van der Waals surface area contributed by atoms with Gasteiger partial charge >= 0.3 is 12.1 Å². The molecule has 1 aromatic rings. The third kappa shape index (κ3) is 4.90. The maximum atomic E-state index is 12.8. The van der Waals surface area contributed by atoms with Gasteiger partial charge < -0.3 is 9.64 Å². The van der Waals surface area contributed by atoms with Crippen LogP contribution in [0, 0.1) is 0 Å². The standard InChI is InChI=1S/C13H16F3NO2/c1-17(8-7-12(18)19-2)9-10-5-3-4-6-11(10)13(14,15)16/h3-6H,7-9H2,1-2H3. The first-order valence-electron chi connectivity index (χ1n) is 5.75. The summed E-state index contributed by atoms with van der Waals surface area (Å²) in [5.74, 6) is -0.379. The fourth-order valence-electron chi connectivity index (χ4n) is 1.69. The molecule has 0 spiro atoms. The molecule has 0 amide bonds. The minimum absolute atomic E-state index is 0.132. The van der Waals surface area contributed by atoms with E-state index in [2.05, 4.69) is 4.74 Å². The Labute approximate surface area is 110 Å². The van der Waals surface area contributed by atoms with Crippen molar-refractivity contribution in [3.05, 3.63) is 35.4 Å². The molecule has 0 saturated carbocycles. The molecule has 0 radical (unpaired) electrons. The minimum Gasteiger partial charge on any atom is -0.469 e. The number of esters is 1. The van der Waals surface area contributed by atoms with E-state index in [-0.39, 0.29) is 24.5 Å². The molecule has 0 aliphatic carbocycles. The van der Waals surface area contributed by atoms with Crippen molar-refractivity contribution in [2.45, 2.75) is 19.1 Å². The van der Waals surface area contributed by atoms with Gasteiger partial charge in [-0.15, -0.1) is 0 Å². The summed E-state index contributed by atoms with van der Waals surface area (Å²) in [6, 6.07) is 5.43. The van der Waals surface area contributed by atoms with Gasteiger partial charge in [0, 0.05) is 13.1 Å². The van der Waals surface area contributed by atoms with Crippen LogP contribution in [-0.4, -0.2) is 31.6 Å². The zero-order valence-electron chi connectivity index (χ0n) is 10.8. The lowest BCUT2D eigenvalue weighted by molar-refractivity contribution is -0.141. The molecule has 106 valence electrons. The van der Waals surface area contributed by atoms with E-state index in [1.807, 2.05) is 0 Å². The quantitative estimate of drug-likeness (QED) is 0.774. The number of benzene rings is 1. The average Bonchev–Trinajstić information content (AvgIpc) is 2.35. The number of hydrogen-bond acceptors (Lipinski definition) is 3. The van der Waals surface area contributed by atoms with E-state index in [1.165, 1.54) is 19.2 Å². The number of methoxy groups -OCH3 is 1. The smallest absolute Gasteiger partial charge is 0.416 e. The highest BCUT2D eigenvalue weighted by molar-refractivity contribution is 5.69. The Hall–Kier alpha value is -1.56. The van der Waals surface area contributed by atoms with Crippen molar-refractivity contribution in [2.75, 3.05) is 20.7 Å². The number of carbonyl (C=O) groups excluding carboxylic acids is 1. The second-order valence-corrected chi connectivity index (χ2v) is 4.22. The van der Waals surface area contributed by atoms with E-state index in [0.29, 0.717) is 6.54 Å². The van der Waals surface area contributed by atoms with Crippen LogP contribution in [0.5, 0.6) is 0 Å². The van der Waals surface area contributed by atoms with Crippen LogP contribution in [0.1, 0.15) is 17.5 Å². The molecule has 0 N–H and O–H groups in total. The second-order valence-electron chi connectivity index (χ2n) is 4.22. The van der Waals surface area contributed by atoms with E-state index in [0.717, 1.165) is 6.07 Å². The summed E-state index contributed by atoms with van der Waals surface area (Å²) in [6.45, 7) is 0.478. The molecule has 0 fully saturated rings. The van der Waals surface area contributed by atoms with Crippen LogP contribution in [0.2, 0.25) is 0 Å². The van der Waals surface area contributed by atoms with Crippen molar-refractivity contribution in [1.82, 2.24) is 4.90 Å². The molecule has 0 aliphatic rings. The largest absolute Gasteiger partial charge is 0.469 e. The summed E-state index contributed by atoms with van der Waals surface area (Å²) < 4.78 is 42.8. The first-order valence-corrected chi connectivity index (χ1v) is 5.75. The van der Waals surface area contributed by atoms with E-state index in [9.17, 15) is 18.0 Å². The number of carbonyl (C=O) groups is 1. The Morgan fingerprint density at radius 2 is 1.95 bits per heavy atom. The fraction of sp³-hybridized carbons (Fsp3) is 0.462. The molecule has 6 heteroatoms. The van der Waals surface area contributed by atoms with Crippen molar-refractivity contribution in [1.29, 1.82) is 0 Å². The van der Waals surface area contributed by atoms with E-state index in [4.69, 9.17) is 0 Å². The maximum absolute atomic E-state index is 12.8. The first-order chi connectivity index (χ1) is 8.84. The van der Waals surface area contributed by atoms with Gasteiger partial charge in [0.25, 0.3) is 0 Å². The van der Waals surface area contributed by atoms with Gasteiger partial charge in [-0.1, -0.05) is 18.2 Å². The second kappa shape index (κ2) is 6.56. The third-order valence-electron chi connectivity index (χ3n) is 2.69. The Morgan fingerprint density at radius 1 is 1.32 bits per heavy atom. The van der Waals surface area contributed by atoms with Gasteiger partial charge in [0.1, 0.15) is 0 Å². The number of ether oxygens (including phenoxy) is 1. The van der Waals surface area contributed by atoms with Gasteiger partial charge in [0.2, 0.25) is 0 Å². The predicted octanol–water partition coefficient (Wildman–Crippen LogP) is 2.70. The first kappa shape index (κ1) is 15.5. The van der Waals surface area contributed by atoms with Crippen molar-refractivity contribution in [3.8, 4) is 0 Å². The zero-order valence-corrected chi connectivity index (χ0v) is 10.8. The number of hydrogen-bond donors (Lipinski definition) is 0. The molecule has 0 heterocycles. The molecule has 0 atom stereocenters. The molecular weight excluding hydrogens is 259 g/mol. The SMILES string of the molecule is COC(=O)CCN(C)Cc1ccccc1C(F)(F)F. The topological polar surface area (TPSA) is 29.5 Å². The molecule has 1 rings (SSSR count). The molecule has 0 saturated heterocycles. The molecule has 19 heavy (non-hydrogen) atoms. The van der Waals surface area contributed by atoms with Gasteiger partial charge in [0.05, 0.1) is 19.1 Å². The van der Waals surface area contributed by atoms with Crippen LogP contribution in [0.4, 0.5) is 13.2 Å². The molecule has 0 aromatic heterocycles. The Balaban J connectivity index is 2.69. The highest BCUT2D eigenvalue weighted by Crippen LogP contribution is 2.32. The maximum Gasteiger partial charge on any atom is 0.416 e. The van der Waals surface area contributed by atoms with Crippen LogP contribution in [0.25, 0.3) is 0 Å². The van der Waals surface area contributed by atoms with Crippen molar-refractivity contribution in [3.63, 3.8) is 0 Å². The van der Waals surface area contributed by atoms with Crippen LogP contribution >= 0.6 is 0 Å². The van der Waals surface area contributed by atoms with Gasteiger partial charge in [-0.25, -0.2) is 0 Å². The van der Waals surface area contributed by atoms with Crippen molar-refractivity contribution in [2.24, 2.45) is 0 Å². The fourth-order valence-corrected chi connectivity index (χ4v) is 1.69. The number of rotatable bonds is 5. The summed E-state index contributed by atoms with van der Waals surface area (Å²) >= 11 is 0. The van der Waals surface area contributed by atoms with Crippen LogP contribution in [0.3, 0.4) is 0 Å². The monoisotopic (exact) mass is 275 g/mol. The number of nitrogens with zero attached hydrogens (tertiary/aromatic N) is 1. The van der Waals surface area contributed by atoms with E-state index < -0.39 is 11.7 Å². The minimum atomic E-state index is -4.36. The van der Waals surface area contributed by atoms with E-state index >= 15 is 0 Å². The van der Waals surface area contributed by atoms with Crippen LogP contribution in [-0.2, 0) is 22.3 Å². The molecule has 1 aromatic carbocycles. The number of alkyl halides is 3. The normalized spacial score (nSPS) is 11.7. The van der Waals surface area contributed by atoms with E-state index in [1.54, 1.807) is 18.0 Å². The highest BCUT2D eigenvalue weighted by atomic mass is 19.4. The lowest BCUT2D eigenvalue weighted by Crippen LogP contribution is -2.23. The summed E-state index contributed by atoms with van der Waals surface area (Å²) in [5.41, 5.74) is -0.442. The summed E-state index contributed by atoms with van der Waals surface area (Å²) in [7, 11) is 2.94. The third-order valence-corrected chi connectivity index (χ3v) is 2.69. The molecule has 0 bridgehead atoms. The van der Waals surface area contributed by atoms with Crippen molar-refractivity contribution < 1.29 is 22.7 Å². The average molecular weight is 275 g/mol.